The van der Waals surface area contributed by atoms with Crippen LogP contribution in [0, 0.1) is 0 Å². The van der Waals surface area contributed by atoms with Crippen LogP contribution >= 0.6 is 23.2 Å². The third kappa shape index (κ3) is 7.38. The van der Waals surface area contributed by atoms with Gasteiger partial charge in [-0.1, -0.05) is 26.2 Å². The summed E-state index contributed by atoms with van der Waals surface area (Å²) in [6.07, 6.45) is 6.38. The second kappa shape index (κ2) is 13.0. The van der Waals surface area contributed by atoms with E-state index in [2.05, 4.69) is 34.6 Å². The molecular weight excluding hydrogens is 409 g/mol. The topological polar surface area (TPSA) is 47.4 Å². The van der Waals surface area contributed by atoms with E-state index >= 15 is 0 Å². The third-order valence-corrected chi connectivity index (χ3v) is 5.41. The lowest BCUT2D eigenvalue weighted by atomic mass is 10.2. The molecule has 0 spiro atoms. The van der Waals surface area contributed by atoms with Gasteiger partial charge in [0.1, 0.15) is 5.82 Å². The fraction of sp³-hybridized carbons (Fsp3) is 0.636. The summed E-state index contributed by atoms with van der Waals surface area (Å²) in [5, 5.41) is 0. The summed E-state index contributed by atoms with van der Waals surface area (Å²) in [5.74, 6) is 1.98. The molecule has 0 aliphatic rings. The second-order valence-electron chi connectivity index (χ2n) is 7.26. The molecule has 0 N–H and O–H groups in total. The number of ether oxygens (including phenoxy) is 1. The number of esters is 1. The fourth-order valence-corrected chi connectivity index (χ4v) is 3.82. The minimum absolute atomic E-state index is 0.111. The molecule has 5 nitrogen and oxygen atoms in total. The van der Waals surface area contributed by atoms with Crippen LogP contribution in [0.3, 0.4) is 0 Å². The van der Waals surface area contributed by atoms with Gasteiger partial charge >= 0.3 is 5.97 Å². The molecule has 0 aliphatic heterocycles. The van der Waals surface area contributed by atoms with E-state index in [-0.39, 0.29) is 5.97 Å². The Labute approximate surface area is 184 Å². The number of benzene rings is 1. The lowest BCUT2D eigenvalue weighted by Crippen LogP contribution is -2.27. The summed E-state index contributed by atoms with van der Waals surface area (Å²) in [7, 11) is 2.02. The molecule has 2 rings (SSSR count). The van der Waals surface area contributed by atoms with Crippen molar-refractivity contribution >= 4 is 45.9 Å². The molecule has 0 aliphatic carbocycles. The smallest absolute Gasteiger partial charge is 0.305 e. The number of rotatable bonds is 14. The van der Waals surface area contributed by atoms with E-state index in [0.29, 0.717) is 24.8 Å². The normalized spacial score (nSPS) is 11.2. The first-order valence-corrected chi connectivity index (χ1v) is 11.7. The molecule has 162 valence electrons. The van der Waals surface area contributed by atoms with Crippen molar-refractivity contribution in [2.75, 3.05) is 36.4 Å². The molecule has 1 aromatic carbocycles. The summed E-state index contributed by atoms with van der Waals surface area (Å²) in [6.45, 7) is 4.21. The molecule has 29 heavy (non-hydrogen) atoms. The zero-order chi connectivity index (χ0) is 21.1. The minimum atomic E-state index is -0.111. The van der Waals surface area contributed by atoms with Crippen LogP contribution in [0.15, 0.2) is 18.2 Å². The highest BCUT2D eigenvalue weighted by molar-refractivity contribution is 6.18. The predicted molar refractivity (Wildman–Crippen MR) is 122 cm³/mol. The molecule has 0 atom stereocenters. The number of imidazole rings is 1. The molecule has 0 bridgehead atoms. The molecular formula is C22H33Cl2N3O2. The number of unbranched alkanes of at least 4 members (excludes halogenated alkanes) is 3. The predicted octanol–water partition coefficient (Wildman–Crippen LogP) is 5.30. The van der Waals surface area contributed by atoms with Crippen molar-refractivity contribution in [3.63, 3.8) is 0 Å². The molecule has 0 saturated carbocycles. The Balaban J connectivity index is 1.91. The average molecular weight is 442 g/mol. The van der Waals surface area contributed by atoms with Crippen molar-refractivity contribution in [2.45, 2.75) is 51.9 Å². The maximum absolute atomic E-state index is 11.9. The SMILES string of the molecule is CCCCCCOC(=O)CCCc1nc2cc(N(CCCl)CCCl)ccc2n1C. The highest BCUT2D eigenvalue weighted by Crippen LogP contribution is 2.23. The Hall–Kier alpha value is -1.46. The van der Waals surface area contributed by atoms with Gasteiger partial charge in [-0.3, -0.25) is 4.79 Å². The van der Waals surface area contributed by atoms with Gasteiger partial charge in [0, 0.05) is 50.4 Å². The zero-order valence-electron chi connectivity index (χ0n) is 17.6. The van der Waals surface area contributed by atoms with Crippen molar-refractivity contribution in [2.24, 2.45) is 7.05 Å². The number of hydrogen-bond donors (Lipinski definition) is 0. The molecule has 2 aromatic rings. The Morgan fingerprint density at radius 3 is 2.59 bits per heavy atom. The molecule has 0 amide bonds. The van der Waals surface area contributed by atoms with Crippen LogP contribution in [0.4, 0.5) is 5.69 Å². The Bertz CT molecular complexity index is 758. The first-order valence-electron chi connectivity index (χ1n) is 10.6. The van der Waals surface area contributed by atoms with E-state index in [4.69, 9.17) is 32.9 Å². The van der Waals surface area contributed by atoms with Crippen molar-refractivity contribution in [1.82, 2.24) is 9.55 Å². The Morgan fingerprint density at radius 2 is 1.90 bits per heavy atom. The van der Waals surface area contributed by atoms with Gasteiger partial charge in [0.25, 0.3) is 0 Å². The van der Waals surface area contributed by atoms with E-state index in [1.807, 2.05) is 7.05 Å². The number of aromatic nitrogens is 2. The second-order valence-corrected chi connectivity index (χ2v) is 8.02. The van der Waals surface area contributed by atoms with Gasteiger partial charge in [0.05, 0.1) is 17.6 Å². The van der Waals surface area contributed by atoms with E-state index in [1.54, 1.807) is 0 Å². The van der Waals surface area contributed by atoms with Crippen LogP contribution in [0.25, 0.3) is 11.0 Å². The largest absolute Gasteiger partial charge is 0.466 e. The van der Waals surface area contributed by atoms with Gasteiger partial charge in [-0.05, 0) is 31.0 Å². The molecule has 0 unspecified atom stereocenters. The number of aryl methyl sites for hydroxylation is 2. The average Bonchev–Trinajstić information content (AvgIpc) is 3.03. The first-order chi connectivity index (χ1) is 14.1. The van der Waals surface area contributed by atoms with Crippen LogP contribution in [-0.4, -0.2) is 47.0 Å². The van der Waals surface area contributed by atoms with Crippen molar-refractivity contribution in [1.29, 1.82) is 0 Å². The number of fused-ring (bicyclic) bond motifs is 1. The quantitative estimate of drug-likeness (QED) is 0.226. The lowest BCUT2D eigenvalue weighted by Gasteiger charge is -2.22. The van der Waals surface area contributed by atoms with Gasteiger partial charge in [0.2, 0.25) is 0 Å². The van der Waals surface area contributed by atoms with Crippen LogP contribution in [0.1, 0.15) is 51.3 Å². The van der Waals surface area contributed by atoms with E-state index in [9.17, 15) is 4.79 Å². The van der Waals surface area contributed by atoms with Crippen LogP contribution < -0.4 is 4.90 Å². The molecule has 0 saturated heterocycles. The summed E-state index contributed by atoms with van der Waals surface area (Å²) in [4.78, 5) is 18.8. The monoisotopic (exact) mass is 441 g/mol. The maximum Gasteiger partial charge on any atom is 0.305 e. The van der Waals surface area contributed by atoms with Crippen LogP contribution in [0.2, 0.25) is 0 Å². The van der Waals surface area contributed by atoms with Gasteiger partial charge < -0.3 is 14.2 Å². The summed E-state index contributed by atoms with van der Waals surface area (Å²) < 4.78 is 7.41. The zero-order valence-corrected chi connectivity index (χ0v) is 19.1. The Morgan fingerprint density at radius 1 is 1.14 bits per heavy atom. The van der Waals surface area contributed by atoms with Gasteiger partial charge in [-0.2, -0.15) is 0 Å². The van der Waals surface area contributed by atoms with E-state index in [1.165, 1.54) is 12.8 Å². The summed E-state index contributed by atoms with van der Waals surface area (Å²) in [6, 6.07) is 6.26. The number of nitrogens with zero attached hydrogens (tertiary/aromatic N) is 3. The van der Waals surface area contributed by atoms with E-state index in [0.717, 1.165) is 61.3 Å². The molecule has 0 fully saturated rings. The summed E-state index contributed by atoms with van der Waals surface area (Å²) >= 11 is 11.8. The van der Waals surface area contributed by atoms with Crippen LogP contribution in [-0.2, 0) is 23.0 Å². The minimum Gasteiger partial charge on any atom is -0.466 e. The van der Waals surface area contributed by atoms with Gasteiger partial charge in [-0.15, -0.1) is 23.2 Å². The third-order valence-electron chi connectivity index (χ3n) is 5.07. The number of halogens is 2. The number of alkyl halides is 2. The van der Waals surface area contributed by atoms with E-state index < -0.39 is 0 Å². The Kier molecular flexibility index (Phi) is 10.6. The maximum atomic E-state index is 11.9. The van der Waals surface area contributed by atoms with Gasteiger partial charge in [-0.25, -0.2) is 4.98 Å². The highest BCUT2D eigenvalue weighted by atomic mass is 35.5. The number of carbonyl (C=O) groups is 1. The first kappa shape index (κ1) is 23.8. The lowest BCUT2D eigenvalue weighted by molar-refractivity contribution is -0.143. The highest BCUT2D eigenvalue weighted by Gasteiger charge is 2.12. The number of hydrogen-bond acceptors (Lipinski definition) is 4. The fourth-order valence-electron chi connectivity index (χ4n) is 3.41. The molecule has 7 heteroatoms. The summed E-state index contributed by atoms with van der Waals surface area (Å²) in [5.41, 5.74) is 3.11. The number of carbonyl (C=O) groups excluding carboxylic acids is 1. The van der Waals surface area contributed by atoms with Crippen molar-refractivity contribution in [3.8, 4) is 0 Å². The van der Waals surface area contributed by atoms with Crippen molar-refractivity contribution < 1.29 is 9.53 Å². The van der Waals surface area contributed by atoms with Crippen LogP contribution in [0.5, 0.6) is 0 Å². The van der Waals surface area contributed by atoms with Crippen molar-refractivity contribution in [3.05, 3.63) is 24.0 Å². The standard InChI is InChI=1S/C22H33Cl2N3O2/c1-3-4-5-6-16-29-22(28)9-7-8-21-25-19-17-18(10-11-20(19)26(21)2)27(14-12-23)15-13-24/h10-11,17H,3-9,12-16H2,1-2H3. The number of anilines is 1. The molecule has 1 aromatic heterocycles. The molecule has 1 heterocycles. The molecule has 0 radical (unpaired) electrons. The van der Waals surface area contributed by atoms with Gasteiger partial charge in [0.15, 0.2) is 0 Å².